The fourth-order valence-electron chi connectivity index (χ4n) is 3.29. The summed E-state index contributed by atoms with van der Waals surface area (Å²) in [5.74, 6) is -1.96. The Bertz CT molecular complexity index is 998. The molecule has 0 radical (unpaired) electrons. The second kappa shape index (κ2) is 9.23. The second-order valence-corrected chi connectivity index (χ2v) is 6.27. The third-order valence-corrected chi connectivity index (χ3v) is 4.63. The van der Waals surface area contributed by atoms with Crippen molar-refractivity contribution in [2.24, 2.45) is 0 Å². The molecule has 0 spiro atoms. The van der Waals surface area contributed by atoms with E-state index < -0.39 is 17.9 Å². The highest BCUT2D eigenvalue weighted by atomic mass is 16.5. The number of esters is 3. The number of hydrogen-bond acceptors (Lipinski definition) is 8. The molecule has 0 saturated carbocycles. The first-order chi connectivity index (χ1) is 14.5. The third-order valence-electron chi connectivity index (χ3n) is 4.63. The average Bonchev–Trinajstić information content (AvgIpc) is 2.82. The van der Waals surface area contributed by atoms with Crippen LogP contribution < -0.4 is 4.90 Å². The van der Waals surface area contributed by atoms with Crippen LogP contribution in [0.1, 0.15) is 10.4 Å². The quantitative estimate of drug-likeness (QED) is 0.548. The van der Waals surface area contributed by atoms with Crippen LogP contribution in [0.15, 0.2) is 59.8 Å². The fourth-order valence-corrected chi connectivity index (χ4v) is 3.29. The van der Waals surface area contributed by atoms with Crippen LogP contribution in [0, 0.1) is 0 Å². The van der Waals surface area contributed by atoms with Gasteiger partial charge in [0.25, 0.3) is 0 Å². The summed E-state index contributed by atoms with van der Waals surface area (Å²) in [7, 11) is 3.74. The number of hydrogen-bond donors (Lipinski definition) is 0. The smallest absolute Gasteiger partial charge is 0.355 e. The van der Waals surface area contributed by atoms with Crippen molar-refractivity contribution in [3.8, 4) is 11.1 Å². The van der Waals surface area contributed by atoms with Crippen LogP contribution >= 0.6 is 0 Å². The maximum atomic E-state index is 12.6. The van der Waals surface area contributed by atoms with E-state index in [1.54, 1.807) is 18.2 Å². The van der Waals surface area contributed by atoms with E-state index in [0.717, 1.165) is 5.56 Å². The van der Waals surface area contributed by atoms with E-state index in [-0.39, 0.29) is 24.6 Å². The molecule has 8 heteroatoms. The number of nitrogens with zero attached hydrogens (tertiary/aromatic N) is 1. The van der Waals surface area contributed by atoms with Gasteiger partial charge < -0.3 is 23.8 Å². The summed E-state index contributed by atoms with van der Waals surface area (Å²) in [6.07, 6.45) is 0. The summed E-state index contributed by atoms with van der Waals surface area (Å²) >= 11 is 0. The Labute approximate surface area is 173 Å². The van der Waals surface area contributed by atoms with Gasteiger partial charge in [-0.3, -0.25) is 0 Å². The molecule has 0 aliphatic carbocycles. The first-order valence-electron chi connectivity index (χ1n) is 9.05. The van der Waals surface area contributed by atoms with Crippen molar-refractivity contribution < 1.29 is 33.3 Å². The number of benzene rings is 2. The van der Waals surface area contributed by atoms with E-state index in [1.807, 2.05) is 30.3 Å². The van der Waals surface area contributed by atoms with Crippen molar-refractivity contribution in [1.82, 2.24) is 0 Å². The summed E-state index contributed by atoms with van der Waals surface area (Å²) < 4.78 is 20.2. The minimum Gasteiger partial charge on any atom is -0.466 e. The molecule has 0 atom stereocenters. The molecule has 0 amide bonds. The van der Waals surface area contributed by atoms with Gasteiger partial charge in [0.2, 0.25) is 0 Å². The molecule has 0 saturated heterocycles. The average molecular weight is 411 g/mol. The minimum absolute atomic E-state index is 0.00482. The largest absolute Gasteiger partial charge is 0.466 e. The normalized spacial score (nSPS) is 13.6. The number of anilines is 1. The molecule has 8 nitrogen and oxygen atoms in total. The van der Waals surface area contributed by atoms with Crippen LogP contribution in [0.5, 0.6) is 0 Å². The molecule has 2 aromatic carbocycles. The van der Waals surface area contributed by atoms with E-state index in [1.165, 1.54) is 26.2 Å². The first kappa shape index (κ1) is 21.1. The Morgan fingerprint density at radius 2 is 1.50 bits per heavy atom. The lowest BCUT2D eigenvalue weighted by Crippen LogP contribution is -2.39. The van der Waals surface area contributed by atoms with Crippen molar-refractivity contribution in [3.05, 3.63) is 65.4 Å². The number of rotatable bonds is 5. The highest BCUT2D eigenvalue weighted by Crippen LogP contribution is 2.38. The Morgan fingerprint density at radius 3 is 2.13 bits per heavy atom. The molecule has 2 aromatic rings. The number of ether oxygens (including phenoxy) is 4. The van der Waals surface area contributed by atoms with Gasteiger partial charge in [-0.05, 0) is 17.7 Å². The van der Waals surface area contributed by atoms with Gasteiger partial charge in [0, 0.05) is 5.56 Å². The Kier molecular flexibility index (Phi) is 6.48. The Hall–Kier alpha value is -3.65. The van der Waals surface area contributed by atoms with E-state index in [4.69, 9.17) is 18.9 Å². The van der Waals surface area contributed by atoms with Gasteiger partial charge in [-0.2, -0.15) is 0 Å². The van der Waals surface area contributed by atoms with Crippen LogP contribution in [-0.2, 0) is 28.5 Å². The fraction of sp³-hybridized carbons (Fsp3) is 0.227. The Balaban J connectivity index is 2.29. The van der Waals surface area contributed by atoms with Gasteiger partial charge >= 0.3 is 17.9 Å². The zero-order valence-corrected chi connectivity index (χ0v) is 16.8. The summed E-state index contributed by atoms with van der Waals surface area (Å²) in [4.78, 5) is 38.9. The summed E-state index contributed by atoms with van der Waals surface area (Å²) in [6.45, 7) is -0.139. The van der Waals surface area contributed by atoms with E-state index in [9.17, 15) is 14.4 Å². The highest BCUT2D eigenvalue weighted by molar-refractivity contribution is 6.06. The molecule has 1 aliphatic rings. The second-order valence-electron chi connectivity index (χ2n) is 6.27. The summed E-state index contributed by atoms with van der Waals surface area (Å²) in [5, 5.41) is 0. The molecule has 30 heavy (non-hydrogen) atoms. The predicted molar refractivity (Wildman–Crippen MR) is 108 cm³/mol. The number of methoxy groups -OCH3 is 3. The van der Waals surface area contributed by atoms with Gasteiger partial charge in [0.1, 0.15) is 12.4 Å². The molecule has 1 aliphatic heterocycles. The standard InChI is InChI=1S/C22H21NO7/c1-27-20(24)15-10-7-11-17(18(15)14-8-5-4-6-9-14)23-13-30-12-16(21(25)28-2)19(23)22(26)29-3/h4-11H,12-13H2,1-3H3. The summed E-state index contributed by atoms with van der Waals surface area (Å²) in [5.41, 5.74) is 2.05. The highest BCUT2D eigenvalue weighted by Gasteiger charge is 2.34. The molecule has 0 unspecified atom stereocenters. The first-order valence-corrected chi connectivity index (χ1v) is 9.05. The lowest BCUT2D eigenvalue weighted by atomic mass is 9.96. The minimum atomic E-state index is -0.721. The van der Waals surface area contributed by atoms with Gasteiger partial charge in [-0.15, -0.1) is 0 Å². The van der Waals surface area contributed by atoms with E-state index in [2.05, 4.69) is 0 Å². The van der Waals surface area contributed by atoms with Crippen LogP contribution in [0.25, 0.3) is 11.1 Å². The van der Waals surface area contributed by atoms with Crippen molar-refractivity contribution in [3.63, 3.8) is 0 Å². The van der Waals surface area contributed by atoms with Crippen LogP contribution in [-0.4, -0.2) is 52.6 Å². The SMILES string of the molecule is COC(=O)C1=C(C(=O)OC)N(c2cccc(C(=O)OC)c2-c2ccccc2)COC1. The van der Waals surface area contributed by atoms with Gasteiger partial charge in [-0.1, -0.05) is 36.4 Å². The number of carbonyl (C=O) groups is 3. The van der Waals surface area contributed by atoms with Crippen LogP contribution in [0.2, 0.25) is 0 Å². The maximum absolute atomic E-state index is 12.6. The Morgan fingerprint density at radius 1 is 0.833 bits per heavy atom. The molecule has 156 valence electrons. The lowest BCUT2D eigenvalue weighted by Gasteiger charge is -2.33. The van der Waals surface area contributed by atoms with Crippen molar-refractivity contribution in [1.29, 1.82) is 0 Å². The van der Waals surface area contributed by atoms with E-state index in [0.29, 0.717) is 16.8 Å². The third kappa shape index (κ3) is 3.90. The maximum Gasteiger partial charge on any atom is 0.355 e. The zero-order chi connectivity index (χ0) is 21.7. The molecular weight excluding hydrogens is 390 g/mol. The molecular formula is C22H21NO7. The van der Waals surface area contributed by atoms with Gasteiger partial charge in [0.15, 0.2) is 0 Å². The molecule has 0 N–H and O–H groups in total. The molecule has 0 fully saturated rings. The predicted octanol–water partition coefficient (Wildman–Crippen LogP) is 2.53. The molecule has 3 rings (SSSR count). The van der Waals surface area contributed by atoms with Crippen molar-refractivity contribution in [2.75, 3.05) is 39.6 Å². The lowest BCUT2D eigenvalue weighted by molar-refractivity contribution is -0.140. The zero-order valence-electron chi connectivity index (χ0n) is 16.8. The van der Waals surface area contributed by atoms with Gasteiger partial charge in [-0.25, -0.2) is 14.4 Å². The van der Waals surface area contributed by atoms with Crippen molar-refractivity contribution in [2.45, 2.75) is 0 Å². The molecule has 0 bridgehead atoms. The van der Waals surface area contributed by atoms with Crippen molar-refractivity contribution >= 4 is 23.6 Å². The number of carbonyl (C=O) groups excluding carboxylic acids is 3. The van der Waals surface area contributed by atoms with E-state index >= 15 is 0 Å². The van der Waals surface area contributed by atoms with Crippen LogP contribution in [0.4, 0.5) is 5.69 Å². The van der Waals surface area contributed by atoms with Crippen LogP contribution in [0.3, 0.4) is 0 Å². The monoisotopic (exact) mass is 411 g/mol. The summed E-state index contributed by atoms with van der Waals surface area (Å²) in [6, 6.07) is 14.2. The molecule has 0 aromatic heterocycles. The topological polar surface area (TPSA) is 91.4 Å². The van der Waals surface area contributed by atoms with Gasteiger partial charge in [0.05, 0.1) is 44.8 Å². The molecule has 1 heterocycles.